The minimum Gasteiger partial charge on any atom is -0.464 e. The number of aryl methyl sites for hydroxylation is 1. The number of nitrogens with one attached hydrogen (secondary N) is 1. The van der Waals surface area contributed by atoms with Gasteiger partial charge in [-0.1, -0.05) is 29.8 Å². The third-order valence-corrected chi connectivity index (χ3v) is 3.59. The number of nitrogens with zero attached hydrogens (tertiary/aromatic N) is 2. The van der Waals surface area contributed by atoms with Gasteiger partial charge in [-0.05, 0) is 12.5 Å². The van der Waals surface area contributed by atoms with Crippen LogP contribution in [0.3, 0.4) is 0 Å². The standard InChI is InChI=1S/C16H17N3O2/c1-10-3-5-11(6-4-10)7-14-18-13-9-17-8-12(13)15(19-14)16(20)21-2/h3-6,17H,7-9H2,1-2H3. The first kappa shape index (κ1) is 13.7. The van der Waals surface area contributed by atoms with Crippen molar-refractivity contribution in [3.63, 3.8) is 0 Å². The molecule has 0 bridgehead atoms. The molecule has 0 radical (unpaired) electrons. The van der Waals surface area contributed by atoms with Crippen LogP contribution in [0.4, 0.5) is 0 Å². The maximum absolute atomic E-state index is 11.9. The summed E-state index contributed by atoms with van der Waals surface area (Å²) in [4.78, 5) is 20.9. The number of carbonyl (C=O) groups excluding carboxylic acids is 1. The summed E-state index contributed by atoms with van der Waals surface area (Å²) in [6.07, 6.45) is 0.609. The van der Waals surface area contributed by atoms with Crippen LogP contribution in [0.2, 0.25) is 0 Å². The van der Waals surface area contributed by atoms with Crippen LogP contribution in [-0.4, -0.2) is 23.0 Å². The van der Waals surface area contributed by atoms with Crippen LogP contribution in [0.1, 0.15) is 38.7 Å². The first-order valence-corrected chi connectivity index (χ1v) is 6.90. The van der Waals surface area contributed by atoms with Gasteiger partial charge in [0.15, 0.2) is 5.69 Å². The Balaban J connectivity index is 1.96. The smallest absolute Gasteiger partial charge is 0.357 e. The molecule has 2 heterocycles. The lowest BCUT2D eigenvalue weighted by Gasteiger charge is -2.08. The van der Waals surface area contributed by atoms with Crippen molar-refractivity contribution in [2.45, 2.75) is 26.4 Å². The Morgan fingerprint density at radius 1 is 1.24 bits per heavy atom. The van der Waals surface area contributed by atoms with E-state index in [2.05, 4.69) is 46.5 Å². The number of hydrogen-bond acceptors (Lipinski definition) is 5. The zero-order valence-corrected chi connectivity index (χ0v) is 12.1. The highest BCUT2D eigenvalue weighted by Gasteiger charge is 2.23. The van der Waals surface area contributed by atoms with Crippen LogP contribution < -0.4 is 5.32 Å². The van der Waals surface area contributed by atoms with Gasteiger partial charge in [0.05, 0.1) is 12.8 Å². The second-order valence-corrected chi connectivity index (χ2v) is 5.17. The Bertz CT molecular complexity index is 681. The zero-order valence-electron chi connectivity index (χ0n) is 12.1. The molecule has 0 aliphatic carbocycles. The van der Waals surface area contributed by atoms with Gasteiger partial charge >= 0.3 is 5.97 Å². The number of benzene rings is 1. The lowest BCUT2D eigenvalue weighted by atomic mass is 10.1. The van der Waals surface area contributed by atoms with Gasteiger partial charge in [0.2, 0.25) is 0 Å². The van der Waals surface area contributed by atoms with Crippen molar-refractivity contribution in [1.82, 2.24) is 15.3 Å². The minimum absolute atomic E-state index is 0.384. The molecule has 1 aromatic carbocycles. The summed E-state index contributed by atoms with van der Waals surface area (Å²) in [5, 5.41) is 3.20. The molecule has 2 aromatic rings. The highest BCUT2D eigenvalue weighted by Crippen LogP contribution is 2.19. The van der Waals surface area contributed by atoms with Gasteiger partial charge in [0.25, 0.3) is 0 Å². The fraction of sp³-hybridized carbons (Fsp3) is 0.312. The van der Waals surface area contributed by atoms with E-state index < -0.39 is 5.97 Å². The van der Waals surface area contributed by atoms with Gasteiger partial charge in [-0.15, -0.1) is 0 Å². The third-order valence-electron chi connectivity index (χ3n) is 3.59. The summed E-state index contributed by atoms with van der Waals surface area (Å²) in [6.45, 7) is 3.34. The van der Waals surface area contributed by atoms with Crippen LogP contribution in [0.15, 0.2) is 24.3 Å². The van der Waals surface area contributed by atoms with E-state index in [1.165, 1.54) is 12.7 Å². The summed E-state index contributed by atoms with van der Waals surface area (Å²) in [5.74, 6) is 0.254. The first-order valence-electron chi connectivity index (χ1n) is 6.90. The van der Waals surface area contributed by atoms with Crippen molar-refractivity contribution in [3.05, 3.63) is 58.2 Å². The molecular formula is C16H17N3O2. The predicted molar refractivity (Wildman–Crippen MR) is 77.9 cm³/mol. The third kappa shape index (κ3) is 2.78. The average molecular weight is 283 g/mol. The van der Waals surface area contributed by atoms with Crippen molar-refractivity contribution in [1.29, 1.82) is 0 Å². The van der Waals surface area contributed by atoms with Crippen molar-refractivity contribution < 1.29 is 9.53 Å². The van der Waals surface area contributed by atoms with E-state index in [0.717, 1.165) is 16.8 Å². The number of fused-ring (bicyclic) bond motifs is 1. The van der Waals surface area contributed by atoms with Gasteiger partial charge in [-0.3, -0.25) is 0 Å². The number of carbonyl (C=O) groups is 1. The topological polar surface area (TPSA) is 64.1 Å². The van der Waals surface area contributed by atoms with Crippen molar-refractivity contribution >= 4 is 5.97 Å². The van der Waals surface area contributed by atoms with Crippen LogP contribution in [0.5, 0.6) is 0 Å². The lowest BCUT2D eigenvalue weighted by molar-refractivity contribution is 0.0592. The number of methoxy groups -OCH3 is 1. The Kier molecular flexibility index (Phi) is 3.66. The van der Waals surface area contributed by atoms with Gasteiger partial charge in [0, 0.05) is 25.1 Å². The molecule has 5 nitrogen and oxygen atoms in total. The Hall–Kier alpha value is -2.27. The highest BCUT2D eigenvalue weighted by molar-refractivity contribution is 5.89. The maximum Gasteiger partial charge on any atom is 0.357 e. The van der Waals surface area contributed by atoms with E-state index >= 15 is 0 Å². The van der Waals surface area contributed by atoms with Crippen LogP contribution in [0.25, 0.3) is 0 Å². The average Bonchev–Trinajstić information content (AvgIpc) is 2.96. The molecule has 3 rings (SSSR count). The molecular weight excluding hydrogens is 266 g/mol. The van der Waals surface area contributed by atoms with E-state index in [0.29, 0.717) is 31.0 Å². The predicted octanol–water partition coefficient (Wildman–Crippen LogP) is 1.77. The Labute approximate surface area is 123 Å². The first-order chi connectivity index (χ1) is 10.2. The molecule has 1 N–H and O–H groups in total. The summed E-state index contributed by atoms with van der Waals surface area (Å²) < 4.78 is 4.83. The maximum atomic E-state index is 11.9. The van der Waals surface area contributed by atoms with E-state index in [1.807, 2.05) is 0 Å². The fourth-order valence-electron chi connectivity index (χ4n) is 2.45. The molecule has 0 saturated carbocycles. The fourth-order valence-corrected chi connectivity index (χ4v) is 2.45. The molecule has 0 spiro atoms. The zero-order chi connectivity index (χ0) is 14.8. The minimum atomic E-state index is -0.400. The van der Waals surface area contributed by atoms with E-state index in [1.54, 1.807) is 0 Å². The Morgan fingerprint density at radius 3 is 2.71 bits per heavy atom. The van der Waals surface area contributed by atoms with Gasteiger partial charge in [-0.2, -0.15) is 0 Å². The van der Waals surface area contributed by atoms with Gasteiger partial charge < -0.3 is 10.1 Å². The van der Waals surface area contributed by atoms with E-state index in [4.69, 9.17) is 4.74 Å². The van der Waals surface area contributed by atoms with Crippen molar-refractivity contribution in [2.24, 2.45) is 0 Å². The normalized spacial score (nSPS) is 13.0. The summed E-state index contributed by atoms with van der Waals surface area (Å²) in [6, 6.07) is 8.24. The molecule has 0 atom stereocenters. The number of esters is 1. The van der Waals surface area contributed by atoms with Crippen LogP contribution in [-0.2, 0) is 24.2 Å². The lowest BCUT2D eigenvalue weighted by Crippen LogP contribution is -2.13. The number of ether oxygens (including phenoxy) is 1. The number of hydrogen-bond donors (Lipinski definition) is 1. The molecule has 1 aliphatic rings. The molecule has 1 aromatic heterocycles. The summed E-state index contributed by atoms with van der Waals surface area (Å²) in [5.41, 5.74) is 4.48. The molecule has 0 unspecified atom stereocenters. The summed E-state index contributed by atoms with van der Waals surface area (Å²) >= 11 is 0. The van der Waals surface area contributed by atoms with Crippen LogP contribution in [0, 0.1) is 6.92 Å². The second kappa shape index (κ2) is 5.61. The SMILES string of the molecule is COC(=O)c1nc(Cc2ccc(C)cc2)nc2c1CNC2. The molecule has 5 heteroatoms. The summed E-state index contributed by atoms with van der Waals surface area (Å²) in [7, 11) is 1.37. The highest BCUT2D eigenvalue weighted by atomic mass is 16.5. The Morgan fingerprint density at radius 2 is 2.00 bits per heavy atom. The van der Waals surface area contributed by atoms with Gasteiger partial charge in [0.1, 0.15) is 5.82 Å². The molecule has 0 fully saturated rings. The van der Waals surface area contributed by atoms with Gasteiger partial charge in [-0.25, -0.2) is 14.8 Å². The molecule has 0 saturated heterocycles. The molecule has 21 heavy (non-hydrogen) atoms. The van der Waals surface area contributed by atoms with Crippen LogP contribution >= 0.6 is 0 Å². The quantitative estimate of drug-likeness (QED) is 0.870. The van der Waals surface area contributed by atoms with Crippen molar-refractivity contribution in [3.8, 4) is 0 Å². The molecule has 108 valence electrons. The second-order valence-electron chi connectivity index (χ2n) is 5.17. The largest absolute Gasteiger partial charge is 0.464 e. The monoisotopic (exact) mass is 283 g/mol. The van der Waals surface area contributed by atoms with E-state index in [-0.39, 0.29) is 0 Å². The van der Waals surface area contributed by atoms with E-state index in [9.17, 15) is 4.79 Å². The number of aromatic nitrogens is 2. The number of rotatable bonds is 3. The molecule has 1 aliphatic heterocycles. The molecule has 0 amide bonds. The van der Waals surface area contributed by atoms with Crippen molar-refractivity contribution in [2.75, 3.05) is 7.11 Å².